The van der Waals surface area contributed by atoms with E-state index in [0.29, 0.717) is 5.41 Å². The third-order valence-corrected chi connectivity index (χ3v) is 4.86. The van der Waals surface area contributed by atoms with Crippen molar-refractivity contribution < 1.29 is 4.74 Å². The molecule has 3 nitrogen and oxygen atoms in total. The second-order valence-electron chi connectivity index (χ2n) is 4.69. The Balaban J connectivity index is 1.94. The van der Waals surface area contributed by atoms with Gasteiger partial charge in [0.25, 0.3) is 0 Å². The number of halogens is 1. The normalized spacial score (nSPS) is 19.9. The van der Waals surface area contributed by atoms with Gasteiger partial charge in [-0.25, -0.2) is 0 Å². The molecule has 16 heavy (non-hydrogen) atoms. The zero-order valence-corrected chi connectivity index (χ0v) is 11.4. The van der Waals surface area contributed by atoms with Gasteiger partial charge in [0.05, 0.1) is 0 Å². The molecule has 1 aliphatic rings. The van der Waals surface area contributed by atoms with Crippen molar-refractivity contribution in [3.8, 4) is 0 Å². The minimum atomic E-state index is 0.433. The van der Waals surface area contributed by atoms with Gasteiger partial charge in [0.2, 0.25) is 0 Å². The lowest BCUT2D eigenvalue weighted by atomic mass is 9.78. The third kappa shape index (κ3) is 2.66. The standard InChI is InChI=1S/C12H19BrN2O/c1-15-11(3-7-14-15)2-4-12(10-13)5-8-16-9-6-12/h3,7H,2,4-6,8-10H2,1H3. The lowest BCUT2D eigenvalue weighted by Crippen LogP contribution is -2.31. The van der Waals surface area contributed by atoms with Gasteiger partial charge in [-0.05, 0) is 37.2 Å². The highest BCUT2D eigenvalue weighted by atomic mass is 79.9. The number of alkyl halides is 1. The van der Waals surface area contributed by atoms with Gasteiger partial charge < -0.3 is 4.74 Å². The summed E-state index contributed by atoms with van der Waals surface area (Å²) >= 11 is 3.67. The van der Waals surface area contributed by atoms with Crippen molar-refractivity contribution >= 4 is 15.9 Å². The number of hydrogen-bond donors (Lipinski definition) is 0. The van der Waals surface area contributed by atoms with E-state index in [2.05, 4.69) is 27.1 Å². The first-order valence-electron chi connectivity index (χ1n) is 5.86. The van der Waals surface area contributed by atoms with Crippen molar-refractivity contribution in [1.82, 2.24) is 9.78 Å². The minimum Gasteiger partial charge on any atom is -0.381 e. The second kappa shape index (κ2) is 5.32. The maximum atomic E-state index is 5.45. The van der Waals surface area contributed by atoms with Crippen LogP contribution >= 0.6 is 15.9 Å². The van der Waals surface area contributed by atoms with Crippen LogP contribution in [0.2, 0.25) is 0 Å². The molecule has 0 spiro atoms. The number of aromatic nitrogens is 2. The summed E-state index contributed by atoms with van der Waals surface area (Å²) in [5.41, 5.74) is 1.76. The van der Waals surface area contributed by atoms with Gasteiger partial charge >= 0.3 is 0 Å². The Bertz CT molecular complexity index is 332. The van der Waals surface area contributed by atoms with Crippen LogP contribution in [-0.4, -0.2) is 28.3 Å². The van der Waals surface area contributed by atoms with Crippen molar-refractivity contribution in [2.75, 3.05) is 18.5 Å². The lowest BCUT2D eigenvalue weighted by molar-refractivity contribution is 0.0227. The Morgan fingerprint density at radius 3 is 2.81 bits per heavy atom. The SMILES string of the molecule is Cn1nccc1CCC1(CBr)CCOCC1. The molecule has 1 aromatic heterocycles. The molecule has 4 heteroatoms. The van der Waals surface area contributed by atoms with E-state index < -0.39 is 0 Å². The number of rotatable bonds is 4. The van der Waals surface area contributed by atoms with Gasteiger partial charge in [0.1, 0.15) is 0 Å². The van der Waals surface area contributed by atoms with E-state index in [4.69, 9.17) is 4.74 Å². The molecular formula is C12H19BrN2O. The van der Waals surface area contributed by atoms with Crippen LogP contribution in [0.15, 0.2) is 12.3 Å². The second-order valence-corrected chi connectivity index (χ2v) is 5.25. The average molecular weight is 287 g/mol. The Morgan fingerprint density at radius 1 is 1.50 bits per heavy atom. The minimum absolute atomic E-state index is 0.433. The number of hydrogen-bond acceptors (Lipinski definition) is 2. The summed E-state index contributed by atoms with van der Waals surface area (Å²) < 4.78 is 7.42. The summed E-state index contributed by atoms with van der Waals surface area (Å²) in [4.78, 5) is 0. The summed E-state index contributed by atoms with van der Waals surface area (Å²) in [7, 11) is 2.01. The van der Waals surface area contributed by atoms with E-state index in [1.54, 1.807) is 0 Å². The predicted octanol–water partition coefficient (Wildman–Crippen LogP) is 2.54. The Hall–Kier alpha value is -0.350. The molecule has 1 aromatic rings. The predicted molar refractivity (Wildman–Crippen MR) is 67.8 cm³/mol. The van der Waals surface area contributed by atoms with Crippen molar-refractivity contribution in [3.05, 3.63) is 18.0 Å². The molecule has 1 fully saturated rings. The topological polar surface area (TPSA) is 27.1 Å². The molecule has 90 valence electrons. The maximum absolute atomic E-state index is 5.45. The average Bonchev–Trinajstić information content (AvgIpc) is 2.74. The fourth-order valence-electron chi connectivity index (χ4n) is 2.29. The van der Waals surface area contributed by atoms with Crippen molar-refractivity contribution in [1.29, 1.82) is 0 Å². The first-order chi connectivity index (χ1) is 7.76. The Morgan fingerprint density at radius 2 is 2.25 bits per heavy atom. The van der Waals surface area contributed by atoms with Gasteiger partial charge in [-0.2, -0.15) is 5.10 Å². The van der Waals surface area contributed by atoms with Crippen molar-refractivity contribution in [3.63, 3.8) is 0 Å². The molecule has 1 saturated heterocycles. The van der Waals surface area contributed by atoms with Gasteiger partial charge in [-0.3, -0.25) is 4.68 Å². The van der Waals surface area contributed by atoms with Crippen LogP contribution in [0.4, 0.5) is 0 Å². The molecule has 0 unspecified atom stereocenters. The molecule has 0 atom stereocenters. The van der Waals surface area contributed by atoms with Crippen LogP contribution in [0.25, 0.3) is 0 Å². The monoisotopic (exact) mass is 286 g/mol. The molecule has 1 aliphatic heterocycles. The molecule has 0 bridgehead atoms. The zero-order valence-electron chi connectivity index (χ0n) is 9.79. The molecule has 0 amide bonds. The highest BCUT2D eigenvalue weighted by molar-refractivity contribution is 9.09. The van der Waals surface area contributed by atoms with E-state index in [9.17, 15) is 0 Å². The van der Waals surface area contributed by atoms with Crippen molar-refractivity contribution in [2.45, 2.75) is 25.7 Å². The van der Waals surface area contributed by atoms with Crippen LogP contribution in [0, 0.1) is 5.41 Å². The Labute approximate surface area is 105 Å². The first-order valence-corrected chi connectivity index (χ1v) is 6.98. The molecule has 0 aliphatic carbocycles. The number of nitrogens with zero attached hydrogens (tertiary/aromatic N) is 2. The first kappa shape index (κ1) is 12.1. The van der Waals surface area contributed by atoms with Crippen LogP contribution < -0.4 is 0 Å². The smallest absolute Gasteiger partial charge is 0.0492 e. The van der Waals surface area contributed by atoms with Crippen LogP contribution in [0.5, 0.6) is 0 Å². The van der Waals surface area contributed by atoms with E-state index in [-0.39, 0.29) is 0 Å². The number of ether oxygens (including phenoxy) is 1. The van der Waals surface area contributed by atoms with Crippen LogP contribution in [0.3, 0.4) is 0 Å². The third-order valence-electron chi connectivity index (χ3n) is 3.67. The Kier molecular flexibility index (Phi) is 4.03. The zero-order chi connectivity index (χ0) is 11.4. The fourth-order valence-corrected chi connectivity index (χ4v) is 3.14. The number of aryl methyl sites for hydroxylation is 2. The van der Waals surface area contributed by atoms with Crippen LogP contribution in [0.1, 0.15) is 25.0 Å². The summed E-state index contributed by atoms with van der Waals surface area (Å²) in [5.74, 6) is 0. The fraction of sp³-hybridized carbons (Fsp3) is 0.750. The van der Waals surface area contributed by atoms with Gasteiger partial charge in [0.15, 0.2) is 0 Å². The van der Waals surface area contributed by atoms with Crippen LogP contribution in [-0.2, 0) is 18.2 Å². The summed E-state index contributed by atoms with van der Waals surface area (Å²) in [6.45, 7) is 1.83. The van der Waals surface area contributed by atoms with Gasteiger partial charge in [-0.15, -0.1) is 0 Å². The highest BCUT2D eigenvalue weighted by Crippen LogP contribution is 2.36. The maximum Gasteiger partial charge on any atom is 0.0492 e. The molecular weight excluding hydrogens is 268 g/mol. The van der Waals surface area contributed by atoms with Gasteiger partial charge in [-0.1, -0.05) is 15.9 Å². The molecule has 2 heterocycles. The van der Waals surface area contributed by atoms with Crippen molar-refractivity contribution in [2.24, 2.45) is 12.5 Å². The highest BCUT2D eigenvalue weighted by Gasteiger charge is 2.31. The summed E-state index contributed by atoms with van der Waals surface area (Å²) in [5, 5.41) is 5.29. The quantitative estimate of drug-likeness (QED) is 0.796. The van der Waals surface area contributed by atoms with E-state index in [1.165, 1.54) is 25.0 Å². The van der Waals surface area contributed by atoms with Gasteiger partial charge in [0, 0.05) is 37.5 Å². The van der Waals surface area contributed by atoms with E-state index in [1.807, 2.05) is 17.9 Å². The summed E-state index contributed by atoms with van der Waals surface area (Å²) in [6, 6.07) is 2.11. The van der Waals surface area contributed by atoms with E-state index in [0.717, 1.165) is 25.0 Å². The molecule has 0 N–H and O–H groups in total. The lowest BCUT2D eigenvalue weighted by Gasteiger charge is -2.35. The van der Waals surface area contributed by atoms with E-state index >= 15 is 0 Å². The summed E-state index contributed by atoms with van der Waals surface area (Å²) in [6.07, 6.45) is 6.57. The molecule has 0 aromatic carbocycles. The largest absolute Gasteiger partial charge is 0.381 e. The molecule has 0 radical (unpaired) electrons. The molecule has 2 rings (SSSR count). The molecule has 0 saturated carbocycles.